The Kier molecular flexibility index (Phi) is 5.20. The molecule has 0 aliphatic carbocycles. The van der Waals surface area contributed by atoms with Gasteiger partial charge in [0.05, 0.1) is 7.11 Å². The predicted octanol–water partition coefficient (Wildman–Crippen LogP) is 2.92. The van der Waals surface area contributed by atoms with Crippen LogP contribution in [-0.2, 0) is 4.79 Å². The number of carbonyl (C=O) groups excluding carboxylic acids is 2. The standard InChI is InChI=1S/C16H22N2O3/c1-3-15(19)12-7-9-18(10-8-12)16(20)17-13-5-4-6-14(11-13)21-2/h4-6,11-12H,3,7-10H2,1-2H3,(H,17,20). The van der Waals surface area contributed by atoms with Crippen molar-refractivity contribution in [1.82, 2.24) is 4.90 Å². The Bertz CT molecular complexity index is 508. The summed E-state index contributed by atoms with van der Waals surface area (Å²) < 4.78 is 5.13. The molecule has 1 heterocycles. The number of likely N-dealkylation sites (tertiary alicyclic amines) is 1. The lowest BCUT2D eigenvalue weighted by Crippen LogP contribution is -2.42. The van der Waals surface area contributed by atoms with Gasteiger partial charge in [-0.3, -0.25) is 4.79 Å². The molecule has 1 fully saturated rings. The number of urea groups is 1. The number of ketones is 1. The van der Waals surface area contributed by atoms with Gasteiger partial charge in [0.15, 0.2) is 0 Å². The summed E-state index contributed by atoms with van der Waals surface area (Å²) >= 11 is 0. The third kappa shape index (κ3) is 3.97. The average Bonchev–Trinajstić information content (AvgIpc) is 2.54. The van der Waals surface area contributed by atoms with Crippen molar-refractivity contribution in [2.75, 3.05) is 25.5 Å². The van der Waals surface area contributed by atoms with Crippen molar-refractivity contribution in [2.24, 2.45) is 5.92 Å². The number of nitrogens with zero attached hydrogens (tertiary/aromatic N) is 1. The second-order valence-electron chi connectivity index (χ2n) is 5.24. The molecule has 21 heavy (non-hydrogen) atoms. The molecule has 2 amide bonds. The zero-order valence-electron chi connectivity index (χ0n) is 12.6. The van der Waals surface area contributed by atoms with Crippen LogP contribution in [0.2, 0.25) is 0 Å². The SMILES string of the molecule is CCC(=O)C1CCN(C(=O)Nc2cccc(OC)c2)CC1. The molecule has 5 nitrogen and oxygen atoms in total. The molecule has 1 N–H and O–H groups in total. The predicted molar refractivity (Wildman–Crippen MR) is 81.6 cm³/mol. The number of piperidine rings is 1. The summed E-state index contributed by atoms with van der Waals surface area (Å²) in [5, 5.41) is 2.87. The second kappa shape index (κ2) is 7.11. The molecule has 2 rings (SSSR count). The minimum Gasteiger partial charge on any atom is -0.497 e. The fourth-order valence-electron chi connectivity index (χ4n) is 2.60. The number of ether oxygens (including phenoxy) is 1. The molecule has 0 radical (unpaired) electrons. The van der Waals surface area contributed by atoms with E-state index in [1.54, 1.807) is 18.1 Å². The lowest BCUT2D eigenvalue weighted by Gasteiger charge is -2.31. The third-order valence-corrected chi connectivity index (χ3v) is 3.91. The zero-order chi connectivity index (χ0) is 15.2. The molecule has 114 valence electrons. The Labute approximate surface area is 125 Å². The van der Waals surface area contributed by atoms with E-state index in [9.17, 15) is 9.59 Å². The first kappa shape index (κ1) is 15.4. The lowest BCUT2D eigenvalue weighted by atomic mass is 9.91. The van der Waals surface area contributed by atoms with Gasteiger partial charge in [0.1, 0.15) is 11.5 Å². The molecular weight excluding hydrogens is 268 g/mol. The van der Waals surface area contributed by atoms with Crippen molar-refractivity contribution in [3.05, 3.63) is 24.3 Å². The topological polar surface area (TPSA) is 58.6 Å². The first-order valence-electron chi connectivity index (χ1n) is 7.36. The van der Waals surface area contributed by atoms with E-state index in [-0.39, 0.29) is 11.9 Å². The van der Waals surface area contributed by atoms with Crippen molar-refractivity contribution in [3.63, 3.8) is 0 Å². The van der Waals surface area contributed by atoms with Crippen LogP contribution in [0, 0.1) is 5.92 Å². The molecule has 0 spiro atoms. The summed E-state index contributed by atoms with van der Waals surface area (Å²) in [7, 11) is 1.59. The van der Waals surface area contributed by atoms with Crippen molar-refractivity contribution in [3.8, 4) is 5.75 Å². The number of benzene rings is 1. The van der Waals surface area contributed by atoms with Gasteiger partial charge in [0.25, 0.3) is 0 Å². The Morgan fingerprint density at radius 2 is 2.05 bits per heavy atom. The Balaban J connectivity index is 1.88. The number of Topliss-reactive ketones (excluding diaryl/α,β-unsaturated/α-hetero) is 1. The van der Waals surface area contributed by atoms with E-state index < -0.39 is 0 Å². The Morgan fingerprint density at radius 1 is 1.33 bits per heavy atom. The van der Waals surface area contributed by atoms with Crippen molar-refractivity contribution < 1.29 is 14.3 Å². The first-order valence-corrected chi connectivity index (χ1v) is 7.36. The van der Waals surface area contributed by atoms with Crippen LogP contribution in [0.1, 0.15) is 26.2 Å². The smallest absolute Gasteiger partial charge is 0.321 e. The third-order valence-electron chi connectivity index (χ3n) is 3.91. The van der Waals surface area contributed by atoms with Crippen LogP contribution in [0.25, 0.3) is 0 Å². The minimum atomic E-state index is -0.120. The van der Waals surface area contributed by atoms with E-state index in [0.717, 1.165) is 12.8 Å². The number of hydrogen-bond donors (Lipinski definition) is 1. The summed E-state index contributed by atoms with van der Waals surface area (Å²) in [5.74, 6) is 1.14. The quantitative estimate of drug-likeness (QED) is 0.927. The Hall–Kier alpha value is -2.04. The van der Waals surface area contributed by atoms with Crippen LogP contribution in [0.15, 0.2) is 24.3 Å². The van der Waals surface area contributed by atoms with Crippen molar-refractivity contribution in [2.45, 2.75) is 26.2 Å². The Morgan fingerprint density at radius 3 is 2.67 bits per heavy atom. The van der Waals surface area contributed by atoms with Crippen LogP contribution in [-0.4, -0.2) is 36.9 Å². The number of hydrogen-bond acceptors (Lipinski definition) is 3. The molecule has 1 aliphatic rings. The van der Waals surface area contributed by atoms with E-state index >= 15 is 0 Å². The number of amides is 2. The zero-order valence-corrected chi connectivity index (χ0v) is 12.6. The highest BCUT2D eigenvalue weighted by molar-refractivity contribution is 5.90. The normalized spacial score (nSPS) is 15.6. The fraction of sp³-hybridized carbons (Fsp3) is 0.500. The van der Waals surface area contributed by atoms with Gasteiger partial charge in [0.2, 0.25) is 0 Å². The minimum absolute atomic E-state index is 0.120. The maximum absolute atomic E-state index is 12.2. The highest BCUT2D eigenvalue weighted by atomic mass is 16.5. The molecule has 0 bridgehead atoms. The molecule has 0 aromatic heterocycles. The summed E-state index contributed by atoms with van der Waals surface area (Å²) in [6.07, 6.45) is 2.11. The van der Waals surface area contributed by atoms with Crippen molar-refractivity contribution >= 4 is 17.5 Å². The first-order chi connectivity index (χ1) is 10.1. The fourth-order valence-corrected chi connectivity index (χ4v) is 2.60. The van der Waals surface area contributed by atoms with Crippen LogP contribution in [0.3, 0.4) is 0 Å². The van der Waals surface area contributed by atoms with Crippen LogP contribution in [0.5, 0.6) is 5.75 Å². The molecular formula is C16H22N2O3. The number of methoxy groups -OCH3 is 1. The summed E-state index contributed by atoms with van der Waals surface area (Å²) in [5.41, 5.74) is 0.714. The van der Waals surface area contributed by atoms with Gasteiger partial charge in [-0.25, -0.2) is 4.79 Å². The van der Waals surface area contributed by atoms with Crippen LogP contribution >= 0.6 is 0 Å². The largest absolute Gasteiger partial charge is 0.497 e. The molecule has 0 unspecified atom stereocenters. The van der Waals surface area contributed by atoms with Crippen LogP contribution in [0.4, 0.5) is 10.5 Å². The molecule has 5 heteroatoms. The molecule has 0 saturated carbocycles. The number of nitrogens with one attached hydrogen (secondary N) is 1. The van der Waals surface area contributed by atoms with Gasteiger partial charge < -0.3 is 15.0 Å². The molecule has 1 saturated heterocycles. The molecule has 1 aliphatic heterocycles. The molecule has 0 atom stereocenters. The lowest BCUT2D eigenvalue weighted by molar-refractivity contribution is -0.123. The maximum Gasteiger partial charge on any atom is 0.321 e. The average molecular weight is 290 g/mol. The number of carbonyl (C=O) groups is 2. The van der Waals surface area contributed by atoms with E-state index in [4.69, 9.17) is 4.74 Å². The van der Waals surface area contributed by atoms with E-state index in [2.05, 4.69) is 5.32 Å². The monoisotopic (exact) mass is 290 g/mol. The van der Waals surface area contributed by atoms with Crippen molar-refractivity contribution in [1.29, 1.82) is 0 Å². The van der Waals surface area contributed by atoms with Gasteiger partial charge >= 0.3 is 6.03 Å². The molecule has 1 aromatic rings. The highest BCUT2D eigenvalue weighted by Gasteiger charge is 2.26. The van der Waals surface area contributed by atoms with E-state index in [0.29, 0.717) is 36.7 Å². The maximum atomic E-state index is 12.2. The van der Waals surface area contributed by atoms with E-state index in [1.165, 1.54) is 0 Å². The van der Waals surface area contributed by atoms with Gasteiger partial charge in [-0.1, -0.05) is 13.0 Å². The van der Waals surface area contributed by atoms with E-state index in [1.807, 2.05) is 25.1 Å². The van der Waals surface area contributed by atoms with Gasteiger partial charge in [-0.15, -0.1) is 0 Å². The second-order valence-corrected chi connectivity index (χ2v) is 5.24. The molecule has 1 aromatic carbocycles. The number of rotatable bonds is 4. The van der Waals surface area contributed by atoms with Gasteiger partial charge in [0, 0.05) is 37.2 Å². The summed E-state index contributed by atoms with van der Waals surface area (Å²) in [6.45, 7) is 3.16. The highest BCUT2D eigenvalue weighted by Crippen LogP contribution is 2.21. The summed E-state index contributed by atoms with van der Waals surface area (Å²) in [4.78, 5) is 25.6. The van der Waals surface area contributed by atoms with Gasteiger partial charge in [-0.2, -0.15) is 0 Å². The van der Waals surface area contributed by atoms with Crippen LogP contribution < -0.4 is 10.1 Å². The number of anilines is 1. The van der Waals surface area contributed by atoms with Gasteiger partial charge in [-0.05, 0) is 25.0 Å². The summed E-state index contributed by atoms with van der Waals surface area (Å²) in [6, 6.07) is 7.16.